The highest BCUT2D eigenvalue weighted by atomic mass is 16.6. The number of carbonyl (C=O) groups is 1. The van der Waals surface area contributed by atoms with E-state index in [0.29, 0.717) is 18.6 Å². The van der Waals surface area contributed by atoms with Crippen LogP contribution in [-0.2, 0) is 9.63 Å². The van der Waals surface area contributed by atoms with Gasteiger partial charge in [-0.3, -0.25) is 4.79 Å². The summed E-state index contributed by atoms with van der Waals surface area (Å²) < 4.78 is 0. The topological polar surface area (TPSA) is 52.3 Å². The molecule has 1 saturated carbocycles. The van der Waals surface area contributed by atoms with Gasteiger partial charge in [-0.15, -0.1) is 0 Å². The van der Waals surface area contributed by atoms with Crippen molar-refractivity contribution in [3.05, 3.63) is 0 Å². The van der Waals surface area contributed by atoms with Gasteiger partial charge in [0.15, 0.2) is 0 Å². The first kappa shape index (κ1) is 6.71. The molecule has 1 fully saturated rings. The van der Waals surface area contributed by atoms with E-state index in [0.717, 1.165) is 12.8 Å². The minimum atomic E-state index is 0.127. The molecule has 0 radical (unpaired) electrons. The SMILES string of the molecule is NOC1CCC(=O)CC1. The molecule has 0 bridgehead atoms. The molecule has 3 nitrogen and oxygen atoms in total. The summed E-state index contributed by atoms with van der Waals surface area (Å²) in [6.45, 7) is 0. The van der Waals surface area contributed by atoms with E-state index in [-0.39, 0.29) is 6.10 Å². The van der Waals surface area contributed by atoms with Crippen LogP contribution >= 0.6 is 0 Å². The lowest BCUT2D eigenvalue weighted by atomic mass is 9.97. The molecule has 9 heavy (non-hydrogen) atoms. The molecule has 0 atom stereocenters. The molecule has 1 aliphatic rings. The van der Waals surface area contributed by atoms with Crippen molar-refractivity contribution in [1.82, 2.24) is 0 Å². The lowest BCUT2D eigenvalue weighted by molar-refractivity contribution is -0.123. The highest BCUT2D eigenvalue weighted by Gasteiger charge is 2.17. The zero-order valence-electron chi connectivity index (χ0n) is 5.30. The van der Waals surface area contributed by atoms with Crippen LogP contribution in [0.5, 0.6) is 0 Å². The first-order valence-corrected chi connectivity index (χ1v) is 3.20. The van der Waals surface area contributed by atoms with Crippen LogP contribution in [0, 0.1) is 0 Å². The second-order valence-corrected chi connectivity index (χ2v) is 2.37. The highest BCUT2D eigenvalue weighted by Crippen LogP contribution is 2.15. The smallest absolute Gasteiger partial charge is 0.133 e. The van der Waals surface area contributed by atoms with Gasteiger partial charge in [-0.2, -0.15) is 0 Å². The monoisotopic (exact) mass is 129 g/mol. The number of Topliss-reactive ketones (excluding diaryl/α,β-unsaturated/α-hetero) is 1. The molecule has 0 saturated heterocycles. The van der Waals surface area contributed by atoms with Crippen LogP contribution in [0.2, 0.25) is 0 Å². The summed E-state index contributed by atoms with van der Waals surface area (Å²) in [5.41, 5.74) is 0. The molecule has 0 aliphatic heterocycles. The molecule has 0 amide bonds. The van der Waals surface area contributed by atoms with Gasteiger partial charge in [0, 0.05) is 12.8 Å². The number of ketones is 1. The Kier molecular flexibility index (Phi) is 2.19. The maximum atomic E-state index is 10.6. The largest absolute Gasteiger partial charge is 0.301 e. The van der Waals surface area contributed by atoms with Crippen LogP contribution in [0.3, 0.4) is 0 Å². The normalized spacial score (nSPS) is 22.6. The molecular formula is C6H11NO2. The fourth-order valence-electron chi connectivity index (χ4n) is 1.05. The molecule has 0 aromatic carbocycles. The second kappa shape index (κ2) is 2.94. The van der Waals surface area contributed by atoms with E-state index < -0.39 is 0 Å². The van der Waals surface area contributed by atoms with Gasteiger partial charge in [0.25, 0.3) is 0 Å². The van der Waals surface area contributed by atoms with E-state index in [2.05, 4.69) is 4.84 Å². The standard InChI is InChI=1S/C6H11NO2/c7-9-6-3-1-5(8)2-4-6/h6H,1-4,7H2. The Morgan fingerprint density at radius 1 is 1.44 bits per heavy atom. The molecule has 2 N–H and O–H groups in total. The number of carbonyl (C=O) groups excluding carboxylic acids is 1. The Labute approximate surface area is 54.1 Å². The van der Waals surface area contributed by atoms with Crippen molar-refractivity contribution in [2.24, 2.45) is 5.90 Å². The van der Waals surface area contributed by atoms with Crippen molar-refractivity contribution in [2.45, 2.75) is 31.8 Å². The van der Waals surface area contributed by atoms with Gasteiger partial charge in [0.05, 0.1) is 6.10 Å². The van der Waals surface area contributed by atoms with Crippen LogP contribution in [-0.4, -0.2) is 11.9 Å². The average molecular weight is 129 g/mol. The van der Waals surface area contributed by atoms with E-state index in [1.807, 2.05) is 0 Å². The minimum Gasteiger partial charge on any atom is -0.301 e. The van der Waals surface area contributed by atoms with Gasteiger partial charge < -0.3 is 4.84 Å². The molecule has 1 rings (SSSR count). The average Bonchev–Trinajstić information content (AvgIpc) is 1.90. The Balaban J connectivity index is 2.26. The predicted molar refractivity (Wildman–Crippen MR) is 32.5 cm³/mol. The van der Waals surface area contributed by atoms with Crippen LogP contribution in [0.15, 0.2) is 0 Å². The van der Waals surface area contributed by atoms with E-state index in [9.17, 15) is 4.79 Å². The van der Waals surface area contributed by atoms with Crippen molar-refractivity contribution in [3.8, 4) is 0 Å². The number of nitrogens with two attached hydrogens (primary N) is 1. The minimum absolute atomic E-state index is 0.127. The molecule has 0 spiro atoms. The van der Waals surface area contributed by atoms with E-state index in [4.69, 9.17) is 5.90 Å². The zero-order chi connectivity index (χ0) is 6.69. The number of rotatable bonds is 1. The summed E-state index contributed by atoms with van der Waals surface area (Å²) in [6, 6.07) is 0. The third-order valence-electron chi connectivity index (χ3n) is 1.68. The van der Waals surface area contributed by atoms with Gasteiger partial charge in [0.2, 0.25) is 0 Å². The lowest BCUT2D eigenvalue weighted by Crippen LogP contribution is -2.23. The molecular weight excluding hydrogens is 118 g/mol. The second-order valence-electron chi connectivity index (χ2n) is 2.37. The molecule has 3 heteroatoms. The van der Waals surface area contributed by atoms with Gasteiger partial charge in [-0.25, -0.2) is 5.90 Å². The van der Waals surface area contributed by atoms with Gasteiger partial charge in [-0.05, 0) is 12.8 Å². The zero-order valence-corrected chi connectivity index (χ0v) is 5.30. The van der Waals surface area contributed by atoms with E-state index in [1.165, 1.54) is 0 Å². The van der Waals surface area contributed by atoms with Crippen LogP contribution in [0.25, 0.3) is 0 Å². The summed E-state index contributed by atoms with van der Waals surface area (Å²) in [6.07, 6.45) is 3.01. The van der Waals surface area contributed by atoms with Crippen LogP contribution in [0.4, 0.5) is 0 Å². The van der Waals surface area contributed by atoms with Gasteiger partial charge in [0.1, 0.15) is 5.78 Å². The molecule has 52 valence electrons. The van der Waals surface area contributed by atoms with Crippen molar-refractivity contribution in [2.75, 3.05) is 0 Å². The highest BCUT2D eigenvalue weighted by molar-refractivity contribution is 5.79. The molecule has 0 aromatic heterocycles. The Hall–Kier alpha value is -0.410. The van der Waals surface area contributed by atoms with Crippen molar-refractivity contribution in [1.29, 1.82) is 0 Å². The van der Waals surface area contributed by atoms with Crippen molar-refractivity contribution < 1.29 is 9.63 Å². The molecule has 0 unspecified atom stereocenters. The fourth-order valence-corrected chi connectivity index (χ4v) is 1.05. The predicted octanol–water partition coefficient (Wildman–Crippen LogP) is 0.388. The fraction of sp³-hybridized carbons (Fsp3) is 0.833. The Bertz CT molecular complexity index is 104. The maximum Gasteiger partial charge on any atom is 0.133 e. The van der Waals surface area contributed by atoms with E-state index in [1.54, 1.807) is 0 Å². The van der Waals surface area contributed by atoms with Gasteiger partial charge in [-0.1, -0.05) is 0 Å². The summed E-state index contributed by atoms with van der Waals surface area (Å²) in [4.78, 5) is 15.2. The quantitative estimate of drug-likeness (QED) is 0.521. The number of hydrogen-bond donors (Lipinski definition) is 1. The van der Waals surface area contributed by atoms with Crippen molar-refractivity contribution in [3.63, 3.8) is 0 Å². The Morgan fingerprint density at radius 3 is 2.44 bits per heavy atom. The lowest BCUT2D eigenvalue weighted by Gasteiger charge is -2.17. The summed E-state index contributed by atoms with van der Waals surface area (Å²) in [7, 11) is 0. The molecule has 0 aromatic rings. The summed E-state index contributed by atoms with van der Waals surface area (Å²) in [5, 5.41) is 0. The third-order valence-corrected chi connectivity index (χ3v) is 1.68. The van der Waals surface area contributed by atoms with Crippen LogP contribution in [0.1, 0.15) is 25.7 Å². The summed E-state index contributed by atoms with van der Waals surface area (Å²) >= 11 is 0. The number of hydrogen-bond acceptors (Lipinski definition) is 3. The van der Waals surface area contributed by atoms with Gasteiger partial charge >= 0.3 is 0 Å². The third kappa shape index (κ3) is 1.77. The molecule has 0 heterocycles. The van der Waals surface area contributed by atoms with Crippen LogP contribution < -0.4 is 5.90 Å². The molecule has 1 aliphatic carbocycles. The first-order chi connectivity index (χ1) is 4.33. The summed E-state index contributed by atoms with van der Waals surface area (Å²) in [5.74, 6) is 5.27. The maximum absolute atomic E-state index is 10.6. The Morgan fingerprint density at radius 2 is 2.00 bits per heavy atom. The first-order valence-electron chi connectivity index (χ1n) is 3.20. The van der Waals surface area contributed by atoms with E-state index >= 15 is 0 Å². The van der Waals surface area contributed by atoms with Crippen molar-refractivity contribution >= 4 is 5.78 Å².